The normalized spacial score (nSPS) is 10.9. The number of nitrogens with zero attached hydrogens (tertiary/aromatic N) is 2. The Labute approximate surface area is 95.2 Å². The highest BCUT2D eigenvalue weighted by atomic mass is 16.5. The molecule has 4 heteroatoms. The Morgan fingerprint density at radius 2 is 1.33 bits per heavy atom. The van der Waals surface area contributed by atoms with Crippen molar-refractivity contribution in [3.63, 3.8) is 0 Å². The molecule has 0 aromatic rings. The van der Waals surface area contributed by atoms with Crippen molar-refractivity contribution in [1.82, 2.24) is 9.62 Å². The molecule has 0 aliphatic heterocycles. The molecule has 0 aliphatic rings. The number of rotatable bonds is 8. The van der Waals surface area contributed by atoms with E-state index in [0.29, 0.717) is 0 Å². The zero-order valence-electron chi connectivity index (χ0n) is 10.9. The van der Waals surface area contributed by atoms with Gasteiger partial charge in [-0.15, -0.1) is 0 Å². The maximum atomic E-state index is 5.80. The van der Waals surface area contributed by atoms with Gasteiger partial charge in [-0.2, -0.15) is 0 Å². The molecule has 0 aliphatic carbocycles. The van der Waals surface area contributed by atoms with Gasteiger partial charge in [0.2, 0.25) is 0 Å². The van der Waals surface area contributed by atoms with E-state index in [1.807, 2.05) is 6.92 Å². The molecule has 3 nitrogen and oxygen atoms in total. The number of hydrogen-bond donors (Lipinski definition) is 0. The van der Waals surface area contributed by atoms with Gasteiger partial charge in [-0.05, 0) is 33.1 Å². The second-order valence-corrected chi connectivity index (χ2v) is 3.59. The van der Waals surface area contributed by atoms with Crippen LogP contribution < -0.4 is 0 Å². The first-order valence-electron chi connectivity index (χ1n) is 5.90. The fraction of sp³-hybridized carbons (Fsp3) is 0.818. The van der Waals surface area contributed by atoms with Gasteiger partial charge in [-0.3, -0.25) is 9.62 Å². The van der Waals surface area contributed by atoms with Gasteiger partial charge in [-0.25, -0.2) is 0 Å². The first kappa shape index (κ1) is 14.5. The molecule has 88 valence electrons. The lowest BCUT2D eigenvalue weighted by Crippen LogP contribution is -2.54. The molecule has 0 amide bonds. The summed E-state index contributed by atoms with van der Waals surface area (Å²) in [6, 6.07) is 0. The van der Waals surface area contributed by atoms with E-state index in [4.69, 9.17) is 4.65 Å². The summed E-state index contributed by atoms with van der Waals surface area (Å²) in [5, 5.41) is 0. The quantitative estimate of drug-likeness (QED) is 0.453. The van der Waals surface area contributed by atoms with Crippen molar-refractivity contribution in [3.8, 4) is 0 Å². The molecular formula is C11H25BN2O. The number of allylic oxidation sites excluding steroid dienone is 1. The minimum absolute atomic E-state index is 0.0347. The molecule has 0 bridgehead atoms. The van der Waals surface area contributed by atoms with Crippen LogP contribution in [-0.4, -0.2) is 43.0 Å². The lowest BCUT2D eigenvalue weighted by Gasteiger charge is -2.33. The molecule has 0 unspecified atom stereocenters. The molecule has 0 N–H and O–H groups in total. The van der Waals surface area contributed by atoms with Crippen molar-refractivity contribution in [2.75, 3.05) is 26.2 Å². The summed E-state index contributed by atoms with van der Waals surface area (Å²) in [7, 11) is 0.0347. The summed E-state index contributed by atoms with van der Waals surface area (Å²) < 4.78 is 5.80. The third-order valence-electron chi connectivity index (χ3n) is 2.56. The zero-order chi connectivity index (χ0) is 11.8. The summed E-state index contributed by atoms with van der Waals surface area (Å²) in [5.41, 5.74) is 0. The van der Waals surface area contributed by atoms with E-state index in [2.05, 4.69) is 43.9 Å². The van der Waals surface area contributed by atoms with Crippen LogP contribution in [0.3, 0.4) is 0 Å². The Balaban J connectivity index is 4.59. The van der Waals surface area contributed by atoms with Gasteiger partial charge in [0.1, 0.15) is 0 Å². The largest absolute Gasteiger partial charge is 0.547 e. The fourth-order valence-electron chi connectivity index (χ4n) is 1.63. The van der Waals surface area contributed by atoms with Crippen LogP contribution in [0.5, 0.6) is 0 Å². The van der Waals surface area contributed by atoms with Gasteiger partial charge < -0.3 is 4.65 Å². The van der Waals surface area contributed by atoms with Crippen molar-refractivity contribution in [2.45, 2.75) is 34.6 Å². The maximum absolute atomic E-state index is 5.80. The fourth-order valence-corrected chi connectivity index (χ4v) is 1.63. The highest BCUT2D eigenvalue weighted by Crippen LogP contribution is 2.07. The Kier molecular flexibility index (Phi) is 7.52. The van der Waals surface area contributed by atoms with Crippen molar-refractivity contribution < 1.29 is 4.65 Å². The lowest BCUT2D eigenvalue weighted by atomic mass is 9.92. The molecule has 0 heterocycles. The second-order valence-electron chi connectivity index (χ2n) is 3.59. The standard InChI is InChI=1S/C11H25BN2O/c1-7-13(8-2)12(15-11(5)6)14(9-3)10-4/h5,7-10H2,1-4,6H3. The molecule has 0 saturated heterocycles. The van der Waals surface area contributed by atoms with Crippen LogP contribution in [0.4, 0.5) is 0 Å². The summed E-state index contributed by atoms with van der Waals surface area (Å²) in [6.45, 7) is 18.3. The van der Waals surface area contributed by atoms with Crippen LogP contribution >= 0.6 is 0 Å². The molecular weight excluding hydrogens is 187 g/mol. The summed E-state index contributed by atoms with van der Waals surface area (Å²) in [4.78, 5) is 4.59. The molecule has 0 saturated carbocycles. The summed E-state index contributed by atoms with van der Waals surface area (Å²) >= 11 is 0. The first-order chi connectivity index (χ1) is 7.10. The van der Waals surface area contributed by atoms with Gasteiger partial charge in [-0.1, -0.05) is 34.3 Å². The minimum Gasteiger partial charge on any atom is -0.537 e. The summed E-state index contributed by atoms with van der Waals surface area (Å²) in [6.07, 6.45) is 0. The van der Waals surface area contributed by atoms with Gasteiger partial charge >= 0.3 is 7.19 Å². The molecule has 0 fully saturated rings. The van der Waals surface area contributed by atoms with Gasteiger partial charge in [0.05, 0.1) is 5.76 Å². The smallest absolute Gasteiger partial charge is 0.537 e. The van der Waals surface area contributed by atoms with Crippen LogP contribution in [0.25, 0.3) is 0 Å². The molecule has 0 aromatic heterocycles. The Hall–Kier alpha value is -0.475. The third kappa shape index (κ3) is 4.71. The lowest BCUT2D eigenvalue weighted by molar-refractivity contribution is 0.257. The Morgan fingerprint density at radius 1 is 1.00 bits per heavy atom. The van der Waals surface area contributed by atoms with Crippen LogP contribution in [0.1, 0.15) is 34.6 Å². The van der Waals surface area contributed by atoms with E-state index in [-0.39, 0.29) is 7.19 Å². The maximum Gasteiger partial charge on any atom is 0.547 e. The predicted molar refractivity (Wildman–Crippen MR) is 67.5 cm³/mol. The molecule has 0 aromatic carbocycles. The van der Waals surface area contributed by atoms with Crippen LogP contribution in [-0.2, 0) is 4.65 Å². The zero-order valence-corrected chi connectivity index (χ0v) is 10.9. The van der Waals surface area contributed by atoms with E-state index in [9.17, 15) is 0 Å². The van der Waals surface area contributed by atoms with Gasteiger partial charge in [0.15, 0.2) is 0 Å². The molecule has 0 atom stereocenters. The van der Waals surface area contributed by atoms with Gasteiger partial charge in [0.25, 0.3) is 0 Å². The third-order valence-corrected chi connectivity index (χ3v) is 2.56. The minimum atomic E-state index is 0.0347. The average molecular weight is 212 g/mol. The van der Waals surface area contributed by atoms with E-state index in [0.717, 1.165) is 31.9 Å². The van der Waals surface area contributed by atoms with E-state index < -0.39 is 0 Å². The van der Waals surface area contributed by atoms with Crippen LogP contribution in [0.15, 0.2) is 12.3 Å². The topological polar surface area (TPSA) is 15.7 Å². The highest BCUT2D eigenvalue weighted by molar-refractivity contribution is 6.45. The van der Waals surface area contributed by atoms with Crippen molar-refractivity contribution in [2.24, 2.45) is 0 Å². The Bertz CT molecular complexity index is 167. The highest BCUT2D eigenvalue weighted by Gasteiger charge is 2.31. The second kappa shape index (κ2) is 7.77. The van der Waals surface area contributed by atoms with Crippen LogP contribution in [0, 0.1) is 0 Å². The van der Waals surface area contributed by atoms with E-state index >= 15 is 0 Å². The van der Waals surface area contributed by atoms with Crippen molar-refractivity contribution in [3.05, 3.63) is 12.3 Å². The molecule has 0 spiro atoms. The molecule has 0 radical (unpaired) electrons. The average Bonchev–Trinajstić information content (AvgIpc) is 2.20. The SMILES string of the molecule is C=C(C)OB(N(CC)CC)N(CC)CC. The van der Waals surface area contributed by atoms with Crippen LogP contribution in [0.2, 0.25) is 0 Å². The first-order valence-corrected chi connectivity index (χ1v) is 5.90. The number of hydrogen-bond acceptors (Lipinski definition) is 3. The Morgan fingerprint density at radius 3 is 1.53 bits per heavy atom. The summed E-state index contributed by atoms with van der Waals surface area (Å²) in [5.74, 6) is 0.777. The molecule has 0 rings (SSSR count). The molecule has 15 heavy (non-hydrogen) atoms. The van der Waals surface area contributed by atoms with E-state index in [1.54, 1.807) is 0 Å². The van der Waals surface area contributed by atoms with E-state index in [1.165, 1.54) is 0 Å². The van der Waals surface area contributed by atoms with Crippen molar-refractivity contribution in [1.29, 1.82) is 0 Å². The monoisotopic (exact) mass is 212 g/mol. The predicted octanol–water partition coefficient (Wildman–Crippen LogP) is 2.21. The van der Waals surface area contributed by atoms with Gasteiger partial charge in [0, 0.05) is 0 Å². The van der Waals surface area contributed by atoms with Crippen molar-refractivity contribution >= 4 is 7.19 Å².